The van der Waals surface area contributed by atoms with Crippen LogP contribution in [0.2, 0.25) is 0 Å². The summed E-state index contributed by atoms with van der Waals surface area (Å²) in [5.41, 5.74) is 0.205. The lowest BCUT2D eigenvalue weighted by Crippen LogP contribution is -2.43. The fraction of sp³-hybridized carbons (Fsp3) is 0.412. The lowest BCUT2D eigenvalue weighted by molar-refractivity contribution is 0.0443. The Kier molecular flexibility index (Phi) is 3.98. The van der Waals surface area contributed by atoms with Crippen molar-refractivity contribution in [2.24, 2.45) is 5.92 Å². The highest BCUT2D eigenvalue weighted by Crippen LogP contribution is 2.22. The first kappa shape index (κ1) is 14.8. The van der Waals surface area contributed by atoms with Crippen LogP contribution in [0.3, 0.4) is 0 Å². The SMILES string of the molecule is CC(O)C1CCCN(C(=O)c2cc(=O)c3ccccc3o2)C1. The number of amides is 1. The standard InChI is InChI=1S/C17H19NO4/c1-11(19)12-5-4-8-18(10-12)17(21)16-9-14(20)13-6-2-3-7-15(13)22-16/h2-3,6-7,9,11-12,19H,4-5,8,10H2,1H3. The van der Waals surface area contributed by atoms with Gasteiger partial charge >= 0.3 is 0 Å². The molecule has 2 atom stereocenters. The van der Waals surface area contributed by atoms with Crippen LogP contribution in [0.15, 0.2) is 39.5 Å². The number of rotatable bonds is 2. The Balaban J connectivity index is 1.90. The van der Waals surface area contributed by atoms with E-state index < -0.39 is 6.10 Å². The van der Waals surface area contributed by atoms with Gasteiger partial charge in [0.1, 0.15) is 5.58 Å². The predicted octanol–water partition coefficient (Wildman–Crippen LogP) is 2.03. The molecule has 1 amide bonds. The van der Waals surface area contributed by atoms with E-state index in [1.807, 2.05) is 0 Å². The van der Waals surface area contributed by atoms with E-state index in [1.165, 1.54) is 6.07 Å². The third-order valence-electron chi connectivity index (χ3n) is 4.27. The summed E-state index contributed by atoms with van der Waals surface area (Å²) in [5, 5.41) is 10.2. The number of piperidine rings is 1. The molecular weight excluding hydrogens is 282 g/mol. The summed E-state index contributed by atoms with van der Waals surface area (Å²) >= 11 is 0. The number of carbonyl (C=O) groups is 1. The van der Waals surface area contributed by atoms with Crippen LogP contribution >= 0.6 is 0 Å². The van der Waals surface area contributed by atoms with E-state index in [0.717, 1.165) is 12.8 Å². The summed E-state index contributed by atoms with van der Waals surface area (Å²) in [6, 6.07) is 8.15. The quantitative estimate of drug-likeness (QED) is 0.921. The maximum Gasteiger partial charge on any atom is 0.289 e. The van der Waals surface area contributed by atoms with Crippen molar-refractivity contribution >= 4 is 16.9 Å². The molecule has 1 N–H and O–H groups in total. The Hall–Kier alpha value is -2.14. The molecule has 1 aromatic carbocycles. The highest BCUT2D eigenvalue weighted by molar-refractivity contribution is 5.93. The molecule has 5 heteroatoms. The number of benzene rings is 1. The average molecular weight is 301 g/mol. The minimum Gasteiger partial charge on any atom is -0.451 e. The molecule has 0 aliphatic carbocycles. The molecule has 1 aromatic heterocycles. The van der Waals surface area contributed by atoms with Crippen molar-refractivity contribution in [2.75, 3.05) is 13.1 Å². The molecule has 116 valence electrons. The van der Waals surface area contributed by atoms with Gasteiger partial charge in [-0.05, 0) is 31.9 Å². The van der Waals surface area contributed by atoms with Crippen molar-refractivity contribution in [3.05, 3.63) is 46.3 Å². The van der Waals surface area contributed by atoms with Crippen LogP contribution in [0, 0.1) is 5.92 Å². The number of nitrogens with zero attached hydrogens (tertiary/aromatic N) is 1. The van der Waals surface area contributed by atoms with Crippen LogP contribution in [0.25, 0.3) is 11.0 Å². The summed E-state index contributed by atoms with van der Waals surface area (Å²) in [4.78, 5) is 26.3. The van der Waals surface area contributed by atoms with E-state index in [1.54, 1.807) is 36.1 Å². The summed E-state index contributed by atoms with van der Waals surface area (Å²) in [6.07, 6.45) is 1.31. The summed E-state index contributed by atoms with van der Waals surface area (Å²) in [6.45, 7) is 2.86. The molecule has 1 aliphatic rings. The van der Waals surface area contributed by atoms with Gasteiger partial charge in [-0.1, -0.05) is 12.1 Å². The average Bonchev–Trinajstić information content (AvgIpc) is 2.54. The van der Waals surface area contributed by atoms with Crippen LogP contribution in [-0.4, -0.2) is 35.1 Å². The zero-order valence-corrected chi connectivity index (χ0v) is 12.5. The number of carbonyl (C=O) groups excluding carboxylic acids is 1. The van der Waals surface area contributed by atoms with Crippen molar-refractivity contribution < 1.29 is 14.3 Å². The van der Waals surface area contributed by atoms with Crippen molar-refractivity contribution in [2.45, 2.75) is 25.9 Å². The summed E-state index contributed by atoms with van der Waals surface area (Å²) in [7, 11) is 0. The number of fused-ring (bicyclic) bond motifs is 1. The Labute approximate surface area is 128 Å². The van der Waals surface area contributed by atoms with Crippen LogP contribution < -0.4 is 5.43 Å². The van der Waals surface area contributed by atoms with Gasteiger partial charge in [0.05, 0.1) is 11.5 Å². The van der Waals surface area contributed by atoms with Gasteiger partial charge < -0.3 is 14.4 Å². The molecule has 1 aliphatic heterocycles. The number of aliphatic hydroxyl groups is 1. The van der Waals surface area contributed by atoms with Crippen LogP contribution in [0.1, 0.15) is 30.3 Å². The van der Waals surface area contributed by atoms with Crippen molar-refractivity contribution in [1.82, 2.24) is 4.90 Å². The highest BCUT2D eigenvalue weighted by atomic mass is 16.3. The first-order valence-corrected chi connectivity index (χ1v) is 7.56. The second-order valence-electron chi connectivity index (χ2n) is 5.87. The Morgan fingerprint density at radius 3 is 2.95 bits per heavy atom. The Morgan fingerprint density at radius 1 is 1.41 bits per heavy atom. The zero-order valence-electron chi connectivity index (χ0n) is 12.5. The molecule has 1 saturated heterocycles. The monoisotopic (exact) mass is 301 g/mol. The van der Waals surface area contributed by atoms with E-state index in [9.17, 15) is 14.7 Å². The van der Waals surface area contributed by atoms with Gasteiger partial charge in [0, 0.05) is 25.1 Å². The number of para-hydroxylation sites is 1. The number of hydrogen-bond acceptors (Lipinski definition) is 4. The summed E-state index contributed by atoms with van der Waals surface area (Å²) in [5.74, 6) is -0.145. The van der Waals surface area contributed by atoms with Crippen LogP contribution in [0.4, 0.5) is 0 Å². The summed E-state index contributed by atoms with van der Waals surface area (Å²) < 4.78 is 5.60. The molecule has 3 rings (SSSR count). The van der Waals surface area contributed by atoms with E-state index in [0.29, 0.717) is 24.1 Å². The van der Waals surface area contributed by atoms with Crippen molar-refractivity contribution in [1.29, 1.82) is 0 Å². The van der Waals surface area contributed by atoms with Gasteiger partial charge in [0.15, 0.2) is 11.2 Å². The van der Waals surface area contributed by atoms with Gasteiger partial charge in [-0.25, -0.2) is 0 Å². The van der Waals surface area contributed by atoms with Crippen LogP contribution in [-0.2, 0) is 0 Å². The highest BCUT2D eigenvalue weighted by Gasteiger charge is 2.28. The lowest BCUT2D eigenvalue weighted by Gasteiger charge is -2.33. The fourth-order valence-electron chi connectivity index (χ4n) is 2.95. The first-order valence-electron chi connectivity index (χ1n) is 7.56. The molecule has 2 heterocycles. The van der Waals surface area contributed by atoms with Crippen molar-refractivity contribution in [3.8, 4) is 0 Å². The molecule has 0 bridgehead atoms. The first-order chi connectivity index (χ1) is 10.6. The molecular formula is C17H19NO4. The van der Waals surface area contributed by atoms with Gasteiger partial charge in [-0.15, -0.1) is 0 Å². The zero-order chi connectivity index (χ0) is 15.7. The minimum atomic E-state index is -0.445. The maximum absolute atomic E-state index is 12.6. The van der Waals surface area contributed by atoms with Crippen molar-refractivity contribution in [3.63, 3.8) is 0 Å². The third kappa shape index (κ3) is 2.76. The second kappa shape index (κ2) is 5.93. The van der Waals surface area contributed by atoms with E-state index in [-0.39, 0.29) is 23.0 Å². The lowest BCUT2D eigenvalue weighted by atomic mass is 9.93. The second-order valence-corrected chi connectivity index (χ2v) is 5.87. The molecule has 2 aromatic rings. The predicted molar refractivity (Wildman–Crippen MR) is 82.8 cm³/mol. The van der Waals surface area contributed by atoms with Gasteiger partial charge in [0.25, 0.3) is 5.91 Å². The normalized spacial score (nSPS) is 20.1. The molecule has 22 heavy (non-hydrogen) atoms. The molecule has 0 saturated carbocycles. The topological polar surface area (TPSA) is 70.8 Å². The molecule has 0 spiro atoms. The fourth-order valence-corrected chi connectivity index (χ4v) is 2.95. The minimum absolute atomic E-state index is 0.0648. The van der Waals surface area contributed by atoms with Crippen LogP contribution in [0.5, 0.6) is 0 Å². The number of likely N-dealkylation sites (tertiary alicyclic amines) is 1. The molecule has 1 fully saturated rings. The van der Waals surface area contributed by atoms with Gasteiger partial charge in [0.2, 0.25) is 0 Å². The Morgan fingerprint density at radius 2 is 2.18 bits per heavy atom. The smallest absolute Gasteiger partial charge is 0.289 e. The maximum atomic E-state index is 12.6. The van der Waals surface area contributed by atoms with E-state index in [2.05, 4.69) is 0 Å². The number of hydrogen-bond donors (Lipinski definition) is 1. The largest absolute Gasteiger partial charge is 0.451 e. The molecule has 5 nitrogen and oxygen atoms in total. The number of aliphatic hydroxyl groups excluding tert-OH is 1. The molecule has 0 radical (unpaired) electrons. The van der Waals surface area contributed by atoms with Gasteiger partial charge in [-0.3, -0.25) is 9.59 Å². The van der Waals surface area contributed by atoms with Gasteiger partial charge in [-0.2, -0.15) is 0 Å². The van der Waals surface area contributed by atoms with E-state index >= 15 is 0 Å². The third-order valence-corrected chi connectivity index (χ3v) is 4.27. The molecule has 2 unspecified atom stereocenters. The van der Waals surface area contributed by atoms with E-state index in [4.69, 9.17) is 4.42 Å². The Bertz CT molecular complexity index is 750.